The first-order valence-electron chi connectivity index (χ1n) is 10.0. The van der Waals surface area contributed by atoms with Gasteiger partial charge in [-0.15, -0.1) is 0 Å². The van der Waals surface area contributed by atoms with Crippen LogP contribution in [0.1, 0.15) is 10.4 Å². The van der Waals surface area contributed by atoms with Crippen molar-refractivity contribution in [3.63, 3.8) is 0 Å². The molecule has 10 nitrogen and oxygen atoms in total. The maximum absolute atomic E-state index is 13.0. The molecule has 0 atom stereocenters. The Morgan fingerprint density at radius 1 is 1.06 bits per heavy atom. The second-order valence-corrected chi connectivity index (χ2v) is 6.99. The Kier molecular flexibility index (Phi) is 7.52. The number of hydrogen-bond donors (Lipinski definition) is 3. The summed E-state index contributed by atoms with van der Waals surface area (Å²) in [4.78, 5) is 39.4. The predicted octanol–water partition coefficient (Wildman–Crippen LogP) is 1.63. The van der Waals surface area contributed by atoms with Crippen molar-refractivity contribution in [2.45, 2.75) is 0 Å². The van der Waals surface area contributed by atoms with E-state index in [0.29, 0.717) is 22.9 Å². The van der Waals surface area contributed by atoms with Gasteiger partial charge in [-0.05, 0) is 24.3 Å². The number of esters is 1. The van der Waals surface area contributed by atoms with E-state index >= 15 is 0 Å². The fourth-order valence-electron chi connectivity index (χ4n) is 3.39. The van der Waals surface area contributed by atoms with E-state index in [4.69, 9.17) is 14.2 Å². The SMILES string of the molecule is COC(=O)C1=C(Nc2ccccc2C(=O)Nc2ccc(OC)c(OC)c2)C(=O)N(CCO)C1. The summed E-state index contributed by atoms with van der Waals surface area (Å²) < 4.78 is 15.3. The van der Waals surface area contributed by atoms with Gasteiger partial charge in [0.05, 0.1) is 51.3 Å². The standard InChI is InChI=1S/C23H25N3O7/c1-31-18-9-8-14(12-19(18)32-2)24-21(28)15-6-4-5-7-17(15)25-20-16(23(30)33-3)13-26(10-11-27)22(20)29/h4-9,12,25,27H,10-11,13H2,1-3H3,(H,24,28). The molecule has 2 aromatic rings. The molecular weight excluding hydrogens is 430 g/mol. The van der Waals surface area contributed by atoms with Crippen molar-refractivity contribution < 1.29 is 33.7 Å². The molecule has 1 aliphatic heterocycles. The molecule has 1 heterocycles. The highest BCUT2D eigenvalue weighted by Crippen LogP contribution is 2.30. The van der Waals surface area contributed by atoms with Gasteiger partial charge < -0.3 is 34.9 Å². The van der Waals surface area contributed by atoms with Gasteiger partial charge >= 0.3 is 5.97 Å². The van der Waals surface area contributed by atoms with Gasteiger partial charge in [0.1, 0.15) is 5.70 Å². The summed E-state index contributed by atoms with van der Waals surface area (Å²) in [6.07, 6.45) is 0. The summed E-state index contributed by atoms with van der Waals surface area (Å²) in [7, 11) is 4.23. The van der Waals surface area contributed by atoms with Crippen LogP contribution >= 0.6 is 0 Å². The number of rotatable bonds is 9. The van der Waals surface area contributed by atoms with E-state index in [1.165, 1.54) is 26.2 Å². The number of methoxy groups -OCH3 is 3. The molecule has 0 radical (unpaired) electrons. The fraction of sp³-hybridized carbons (Fsp3) is 0.261. The van der Waals surface area contributed by atoms with Gasteiger partial charge in [-0.3, -0.25) is 9.59 Å². The number of benzene rings is 2. The number of hydrogen-bond acceptors (Lipinski definition) is 8. The maximum Gasteiger partial charge on any atom is 0.337 e. The highest BCUT2D eigenvalue weighted by molar-refractivity contribution is 6.12. The Morgan fingerprint density at radius 2 is 1.79 bits per heavy atom. The van der Waals surface area contributed by atoms with Gasteiger partial charge in [-0.2, -0.15) is 0 Å². The quantitative estimate of drug-likeness (QED) is 0.487. The number of carbonyl (C=O) groups excluding carboxylic acids is 3. The van der Waals surface area contributed by atoms with Gasteiger partial charge in [0, 0.05) is 18.3 Å². The molecule has 0 unspecified atom stereocenters. The lowest BCUT2D eigenvalue weighted by atomic mass is 10.1. The maximum atomic E-state index is 13.0. The molecule has 2 aromatic carbocycles. The number of β-amino-alcohol motifs (C(OH)–C–C–N with tert-alkyl or cyclic N) is 1. The number of aliphatic hydroxyl groups excluding tert-OH is 1. The zero-order valence-corrected chi connectivity index (χ0v) is 18.5. The van der Waals surface area contributed by atoms with E-state index in [-0.39, 0.29) is 36.5 Å². The Balaban J connectivity index is 1.89. The van der Waals surface area contributed by atoms with E-state index in [1.54, 1.807) is 42.5 Å². The lowest BCUT2D eigenvalue weighted by molar-refractivity contribution is -0.136. The lowest BCUT2D eigenvalue weighted by Gasteiger charge is -2.16. The summed E-state index contributed by atoms with van der Waals surface area (Å²) in [6, 6.07) is 11.5. The fourth-order valence-corrected chi connectivity index (χ4v) is 3.39. The third kappa shape index (κ3) is 5.07. The number of nitrogens with zero attached hydrogens (tertiary/aromatic N) is 1. The third-order valence-electron chi connectivity index (χ3n) is 5.03. The van der Waals surface area contributed by atoms with Crippen LogP contribution in [0.2, 0.25) is 0 Å². The smallest absolute Gasteiger partial charge is 0.337 e. The number of para-hydroxylation sites is 1. The Bertz CT molecular complexity index is 1100. The second-order valence-electron chi connectivity index (χ2n) is 6.99. The molecule has 0 saturated carbocycles. The van der Waals surface area contributed by atoms with Gasteiger partial charge in [-0.1, -0.05) is 12.1 Å². The largest absolute Gasteiger partial charge is 0.493 e. The number of aliphatic hydroxyl groups is 1. The highest BCUT2D eigenvalue weighted by Gasteiger charge is 2.35. The zero-order chi connectivity index (χ0) is 24.0. The molecule has 0 spiro atoms. The summed E-state index contributed by atoms with van der Waals surface area (Å²) in [5, 5.41) is 14.9. The van der Waals surface area contributed by atoms with Crippen LogP contribution in [0.3, 0.4) is 0 Å². The van der Waals surface area contributed by atoms with Gasteiger partial charge in [0.2, 0.25) is 0 Å². The van der Waals surface area contributed by atoms with Crippen molar-refractivity contribution in [2.24, 2.45) is 0 Å². The van der Waals surface area contributed by atoms with Crippen molar-refractivity contribution in [1.82, 2.24) is 4.90 Å². The summed E-state index contributed by atoms with van der Waals surface area (Å²) >= 11 is 0. The average molecular weight is 455 g/mol. The minimum absolute atomic E-state index is 0.00154. The first-order chi connectivity index (χ1) is 15.9. The second kappa shape index (κ2) is 10.5. The Labute approximate surface area is 190 Å². The van der Waals surface area contributed by atoms with Crippen molar-refractivity contribution in [2.75, 3.05) is 51.7 Å². The molecule has 0 saturated heterocycles. The van der Waals surface area contributed by atoms with Crippen LogP contribution in [-0.2, 0) is 14.3 Å². The van der Waals surface area contributed by atoms with E-state index in [9.17, 15) is 19.5 Å². The molecule has 3 N–H and O–H groups in total. The van der Waals surface area contributed by atoms with Gasteiger partial charge in [-0.25, -0.2) is 4.79 Å². The van der Waals surface area contributed by atoms with Crippen LogP contribution in [0.25, 0.3) is 0 Å². The monoisotopic (exact) mass is 455 g/mol. The third-order valence-corrected chi connectivity index (χ3v) is 5.03. The number of carbonyl (C=O) groups is 3. The highest BCUT2D eigenvalue weighted by atomic mass is 16.5. The van der Waals surface area contributed by atoms with E-state index in [2.05, 4.69) is 10.6 Å². The summed E-state index contributed by atoms with van der Waals surface area (Å²) in [5.41, 5.74) is 1.17. The molecule has 2 amide bonds. The summed E-state index contributed by atoms with van der Waals surface area (Å²) in [6.45, 7) is -0.196. The lowest BCUT2D eigenvalue weighted by Crippen LogP contribution is -2.31. The molecule has 174 valence electrons. The topological polar surface area (TPSA) is 126 Å². The Morgan fingerprint density at radius 3 is 2.45 bits per heavy atom. The average Bonchev–Trinajstić information content (AvgIpc) is 3.14. The normalized spacial score (nSPS) is 13.1. The predicted molar refractivity (Wildman–Crippen MR) is 120 cm³/mol. The molecule has 0 aliphatic carbocycles. The minimum atomic E-state index is -0.668. The van der Waals surface area contributed by atoms with E-state index < -0.39 is 17.8 Å². The molecule has 0 fully saturated rings. The van der Waals surface area contributed by atoms with Gasteiger partial charge in [0.15, 0.2) is 11.5 Å². The number of nitrogens with one attached hydrogen (secondary N) is 2. The summed E-state index contributed by atoms with van der Waals surface area (Å²) in [5.74, 6) is -0.608. The Hall–Kier alpha value is -4.05. The molecular formula is C23H25N3O7. The first kappa shape index (κ1) is 23.6. The zero-order valence-electron chi connectivity index (χ0n) is 18.5. The van der Waals surface area contributed by atoms with Crippen LogP contribution in [0.5, 0.6) is 11.5 Å². The molecule has 33 heavy (non-hydrogen) atoms. The molecule has 0 bridgehead atoms. The van der Waals surface area contributed by atoms with Crippen LogP contribution < -0.4 is 20.1 Å². The number of ether oxygens (including phenoxy) is 3. The van der Waals surface area contributed by atoms with Crippen molar-refractivity contribution in [3.05, 3.63) is 59.3 Å². The van der Waals surface area contributed by atoms with Crippen molar-refractivity contribution in [3.8, 4) is 11.5 Å². The molecule has 10 heteroatoms. The van der Waals surface area contributed by atoms with Crippen molar-refractivity contribution in [1.29, 1.82) is 0 Å². The molecule has 0 aromatic heterocycles. The van der Waals surface area contributed by atoms with Crippen LogP contribution in [-0.4, -0.2) is 68.8 Å². The van der Waals surface area contributed by atoms with Crippen molar-refractivity contribution >= 4 is 29.2 Å². The van der Waals surface area contributed by atoms with E-state index in [1.807, 2.05) is 0 Å². The van der Waals surface area contributed by atoms with Crippen LogP contribution in [0.15, 0.2) is 53.7 Å². The number of amides is 2. The molecule has 3 rings (SSSR count). The number of anilines is 2. The van der Waals surface area contributed by atoms with E-state index in [0.717, 1.165) is 0 Å². The first-order valence-corrected chi connectivity index (χ1v) is 10.0. The minimum Gasteiger partial charge on any atom is -0.493 e. The molecule has 1 aliphatic rings. The van der Waals surface area contributed by atoms with Gasteiger partial charge in [0.25, 0.3) is 11.8 Å². The van der Waals surface area contributed by atoms with Crippen LogP contribution in [0.4, 0.5) is 11.4 Å². The van der Waals surface area contributed by atoms with Crippen LogP contribution in [0, 0.1) is 0 Å².